The summed E-state index contributed by atoms with van der Waals surface area (Å²) >= 11 is 0. The van der Waals surface area contributed by atoms with Crippen molar-refractivity contribution in [1.29, 1.82) is 0 Å². The Morgan fingerprint density at radius 1 is 1.05 bits per heavy atom. The van der Waals surface area contributed by atoms with Crippen LogP contribution in [0.5, 0.6) is 0 Å². The molecule has 1 heterocycles. The molecule has 2 fully saturated rings. The van der Waals surface area contributed by atoms with E-state index in [1.807, 2.05) is 0 Å². The van der Waals surface area contributed by atoms with E-state index in [1.165, 1.54) is 76.7 Å². The molecule has 0 spiro atoms. The normalized spacial score (nSPS) is 25.0. The molecule has 1 saturated carbocycles. The van der Waals surface area contributed by atoms with Crippen molar-refractivity contribution in [2.24, 2.45) is 5.92 Å². The predicted molar refractivity (Wildman–Crippen MR) is 89.6 cm³/mol. The summed E-state index contributed by atoms with van der Waals surface area (Å²) in [5, 5.41) is 3.75. The van der Waals surface area contributed by atoms with Crippen molar-refractivity contribution >= 4 is 0 Å². The van der Waals surface area contributed by atoms with Gasteiger partial charge in [0.1, 0.15) is 0 Å². The Morgan fingerprint density at radius 2 is 1.86 bits per heavy atom. The number of hydrogen-bond acceptors (Lipinski definition) is 2. The highest BCUT2D eigenvalue weighted by atomic mass is 15.2. The lowest BCUT2D eigenvalue weighted by atomic mass is 10.0. The van der Waals surface area contributed by atoms with E-state index in [0.29, 0.717) is 6.04 Å². The summed E-state index contributed by atoms with van der Waals surface area (Å²) in [7, 11) is 0. The first-order chi connectivity index (χ1) is 10.4. The first kappa shape index (κ1) is 15.1. The van der Waals surface area contributed by atoms with Crippen molar-refractivity contribution in [2.75, 3.05) is 26.2 Å². The van der Waals surface area contributed by atoms with Crippen LogP contribution in [-0.2, 0) is 6.42 Å². The van der Waals surface area contributed by atoms with E-state index in [-0.39, 0.29) is 0 Å². The van der Waals surface area contributed by atoms with Gasteiger partial charge in [0, 0.05) is 12.6 Å². The molecular weight excluding hydrogens is 256 g/mol. The van der Waals surface area contributed by atoms with Crippen LogP contribution in [0, 0.1) is 5.92 Å². The fraction of sp³-hybridized carbons (Fsp3) is 0.684. The number of nitrogens with zero attached hydrogens (tertiary/aromatic N) is 1. The van der Waals surface area contributed by atoms with Crippen LogP contribution >= 0.6 is 0 Å². The maximum atomic E-state index is 3.75. The van der Waals surface area contributed by atoms with Gasteiger partial charge in [0.25, 0.3) is 0 Å². The lowest BCUT2D eigenvalue weighted by molar-refractivity contribution is 0.246. The standard InChI is InChI=1S/C19H30N2/c1-2-9-18(10-3-1)15-19-16-21(13-6-12-20-19)14-11-17-7-4-5-8-17/h1-3,9-10,17,19-20H,4-8,11-16H2. The molecule has 1 atom stereocenters. The SMILES string of the molecule is c1ccc(CC2CN(CCC3CCCC3)CCCN2)cc1. The highest BCUT2D eigenvalue weighted by molar-refractivity contribution is 5.16. The molecule has 116 valence electrons. The topological polar surface area (TPSA) is 15.3 Å². The summed E-state index contributed by atoms with van der Waals surface area (Å²) in [5.74, 6) is 1.02. The summed E-state index contributed by atoms with van der Waals surface area (Å²) in [6.07, 6.45) is 9.82. The van der Waals surface area contributed by atoms with E-state index in [1.54, 1.807) is 0 Å². The Morgan fingerprint density at radius 3 is 2.67 bits per heavy atom. The molecule has 0 radical (unpaired) electrons. The third-order valence-electron chi connectivity index (χ3n) is 5.22. The van der Waals surface area contributed by atoms with E-state index in [2.05, 4.69) is 40.5 Å². The van der Waals surface area contributed by atoms with E-state index < -0.39 is 0 Å². The molecule has 1 aliphatic carbocycles. The fourth-order valence-corrected chi connectivity index (χ4v) is 3.98. The van der Waals surface area contributed by atoms with Gasteiger partial charge < -0.3 is 10.2 Å². The van der Waals surface area contributed by atoms with E-state index in [9.17, 15) is 0 Å². The van der Waals surface area contributed by atoms with Crippen molar-refractivity contribution in [1.82, 2.24) is 10.2 Å². The number of nitrogens with one attached hydrogen (secondary N) is 1. The van der Waals surface area contributed by atoms with E-state index >= 15 is 0 Å². The fourth-order valence-electron chi connectivity index (χ4n) is 3.98. The largest absolute Gasteiger partial charge is 0.312 e. The zero-order valence-corrected chi connectivity index (χ0v) is 13.3. The zero-order valence-electron chi connectivity index (χ0n) is 13.3. The van der Waals surface area contributed by atoms with Gasteiger partial charge >= 0.3 is 0 Å². The van der Waals surface area contributed by atoms with Crippen LogP contribution in [-0.4, -0.2) is 37.1 Å². The summed E-state index contributed by atoms with van der Waals surface area (Å²) < 4.78 is 0. The Balaban J connectivity index is 1.48. The molecule has 1 aliphatic heterocycles. The van der Waals surface area contributed by atoms with Crippen molar-refractivity contribution in [3.63, 3.8) is 0 Å². The second-order valence-corrected chi connectivity index (χ2v) is 6.93. The molecule has 0 bridgehead atoms. The molecular formula is C19H30N2. The van der Waals surface area contributed by atoms with Crippen LogP contribution in [0.15, 0.2) is 30.3 Å². The Hall–Kier alpha value is -0.860. The minimum atomic E-state index is 0.624. The lowest BCUT2D eigenvalue weighted by Gasteiger charge is -2.25. The minimum Gasteiger partial charge on any atom is -0.312 e. The third-order valence-corrected chi connectivity index (χ3v) is 5.22. The molecule has 2 nitrogen and oxygen atoms in total. The van der Waals surface area contributed by atoms with E-state index in [4.69, 9.17) is 0 Å². The lowest BCUT2D eigenvalue weighted by Crippen LogP contribution is -2.39. The monoisotopic (exact) mass is 286 g/mol. The van der Waals surface area contributed by atoms with Crippen molar-refractivity contribution < 1.29 is 0 Å². The summed E-state index contributed by atoms with van der Waals surface area (Å²) in [6, 6.07) is 11.6. The highest BCUT2D eigenvalue weighted by Gasteiger charge is 2.20. The van der Waals surface area contributed by atoms with Gasteiger partial charge in [-0.3, -0.25) is 0 Å². The number of benzene rings is 1. The van der Waals surface area contributed by atoms with Crippen LogP contribution in [0.3, 0.4) is 0 Å². The molecule has 1 unspecified atom stereocenters. The predicted octanol–water partition coefficient (Wildman–Crippen LogP) is 3.47. The average molecular weight is 286 g/mol. The van der Waals surface area contributed by atoms with Gasteiger partial charge in [0.2, 0.25) is 0 Å². The molecule has 0 aromatic heterocycles. The van der Waals surface area contributed by atoms with Crippen LogP contribution in [0.25, 0.3) is 0 Å². The van der Waals surface area contributed by atoms with Gasteiger partial charge in [0.05, 0.1) is 0 Å². The van der Waals surface area contributed by atoms with Crippen LogP contribution in [0.2, 0.25) is 0 Å². The van der Waals surface area contributed by atoms with Crippen molar-refractivity contribution in [2.45, 2.75) is 51.0 Å². The molecule has 0 amide bonds. The summed E-state index contributed by atoms with van der Waals surface area (Å²) in [6.45, 7) is 5.00. The van der Waals surface area contributed by atoms with Crippen molar-refractivity contribution in [3.05, 3.63) is 35.9 Å². The quantitative estimate of drug-likeness (QED) is 0.891. The molecule has 2 heteroatoms. The van der Waals surface area contributed by atoms with Gasteiger partial charge in [-0.1, -0.05) is 56.0 Å². The molecule has 1 aromatic rings. The van der Waals surface area contributed by atoms with Crippen LogP contribution < -0.4 is 5.32 Å². The second-order valence-electron chi connectivity index (χ2n) is 6.93. The zero-order chi connectivity index (χ0) is 14.3. The van der Waals surface area contributed by atoms with Crippen LogP contribution in [0.1, 0.15) is 44.1 Å². The number of rotatable bonds is 5. The van der Waals surface area contributed by atoms with E-state index in [0.717, 1.165) is 5.92 Å². The summed E-state index contributed by atoms with van der Waals surface area (Å²) in [4.78, 5) is 2.71. The smallest absolute Gasteiger partial charge is 0.0235 e. The van der Waals surface area contributed by atoms with Gasteiger partial charge in [-0.2, -0.15) is 0 Å². The Bertz CT molecular complexity index is 397. The van der Waals surface area contributed by atoms with Crippen LogP contribution in [0.4, 0.5) is 0 Å². The van der Waals surface area contributed by atoms with Crippen molar-refractivity contribution in [3.8, 4) is 0 Å². The molecule has 3 rings (SSSR count). The molecule has 1 saturated heterocycles. The third kappa shape index (κ3) is 4.82. The van der Waals surface area contributed by atoms with Gasteiger partial charge in [-0.25, -0.2) is 0 Å². The Kier molecular flexibility index (Phi) is 5.70. The Labute approximate surface area is 129 Å². The number of hydrogen-bond donors (Lipinski definition) is 1. The first-order valence-electron chi connectivity index (χ1n) is 8.90. The van der Waals surface area contributed by atoms with Gasteiger partial charge in [-0.05, 0) is 50.4 Å². The molecule has 2 aliphatic rings. The molecule has 1 aromatic carbocycles. The minimum absolute atomic E-state index is 0.624. The molecule has 1 N–H and O–H groups in total. The average Bonchev–Trinajstić information content (AvgIpc) is 2.93. The maximum absolute atomic E-state index is 3.75. The summed E-state index contributed by atoms with van der Waals surface area (Å²) in [5.41, 5.74) is 1.47. The first-order valence-corrected chi connectivity index (χ1v) is 8.90. The molecule has 21 heavy (non-hydrogen) atoms. The second kappa shape index (κ2) is 7.95. The maximum Gasteiger partial charge on any atom is 0.0235 e. The highest BCUT2D eigenvalue weighted by Crippen LogP contribution is 2.27. The van der Waals surface area contributed by atoms with Gasteiger partial charge in [0.15, 0.2) is 0 Å². The van der Waals surface area contributed by atoms with Gasteiger partial charge in [-0.15, -0.1) is 0 Å².